The van der Waals surface area contributed by atoms with Gasteiger partial charge in [0.05, 0.1) is 5.69 Å². The van der Waals surface area contributed by atoms with E-state index in [0.29, 0.717) is 16.7 Å². The van der Waals surface area contributed by atoms with Crippen LogP contribution in [-0.4, -0.2) is 18.4 Å². The second-order valence-corrected chi connectivity index (χ2v) is 3.00. The smallest absolute Gasteiger partial charge is 0.316 e. The van der Waals surface area contributed by atoms with Gasteiger partial charge in [-0.2, -0.15) is 8.42 Å². The summed E-state index contributed by atoms with van der Waals surface area (Å²) >= 11 is 0. The minimum absolute atomic E-state index is 0.402. The quantitative estimate of drug-likeness (QED) is 0.744. The molecule has 0 atom stereocenters. The Bertz CT molecular complexity index is 562. The summed E-state index contributed by atoms with van der Waals surface area (Å²) in [6.07, 6.45) is 3.19. The Morgan fingerprint density at radius 3 is 3.00 bits per heavy atom. The lowest BCUT2D eigenvalue weighted by molar-refractivity contribution is 0.622. The van der Waals surface area contributed by atoms with Gasteiger partial charge in [-0.15, -0.1) is 4.36 Å². The van der Waals surface area contributed by atoms with Crippen LogP contribution in [0, 0.1) is 0 Å². The second kappa shape index (κ2) is 2.98. The van der Waals surface area contributed by atoms with Crippen LogP contribution in [0.5, 0.6) is 0 Å². The van der Waals surface area contributed by atoms with Crippen molar-refractivity contribution in [3.63, 3.8) is 0 Å². The minimum atomic E-state index is -2.42. The molecule has 0 radical (unpaired) electrons. The number of nitrogens with one attached hydrogen (secondary N) is 1. The zero-order chi connectivity index (χ0) is 9.26. The van der Waals surface area contributed by atoms with Crippen LogP contribution in [0.1, 0.15) is 0 Å². The molecule has 66 valence electrons. The normalized spacial score (nSPS) is 10.2. The van der Waals surface area contributed by atoms with Gasteiger partial charge in [-0.05, 0) is 12.1 Å². The third-order valence-electron chi connectivity index (χ3n) is 1.61. The predicted molar refractivity (Wildman–Crippen MR) is 47.1 cm³/mol. The number of fused-ring (bicyclic) bond motifs is 1. The zero-order valence-corrected chi connectivity index (χ0v) is 7.25. The Kier molecular flexibility index (Phi) is 1.82. The Morgan fingerprint density at radius 2 is 2.23 bits per heavy atom. The van der Waals surface area contributed by atoms with Crippen molar-refractivity contribution < 1.29 is 8.42 Å². The van der Waals surface area contributed by atoms with E-state index < -0.39 is 10.5 Å². The molecule has 0 saturated carbocycles. The van der Waals surface area contributed by atoms with Crippen molar-refractivity contribution in [2.45, 2.75) is 0 Å². The summed E-state index contributed by atoms with van der Waals surface area (Å²) in [6.45, 7) is 0. The standard InChI is InChI=1S/C7H5N3O2S/c11-13(12)10-6-2-4-9-7-5(6)1-3-8-7/h1-4H,(H,8,9). The van der Waals surface area contributed by atoms with Crippen LogP contribution in [-0.2, 0) is 10.5 Å². The van der Waals surface area contributed by atoms with Crippen LogP contribution in [0.4, 0.5) is 5.69 Å². The molecule has 5 nitrogen and oxygen atoms in total. The number of aromatic nitrogens is 2. The largest absolute Gasteiger partial charge is 0.346 e. The van der Waals surface area contributed by atoms with E-state index in [1.807, 2.05) is 0 Å². The van der Waals surface area contributed by atoms with E-state index in [4.69, 9.17) is 0 Å². The molecule has 0 aromatic carbocycles. The molecule has 6 heteroatoms. The summed E-state index contributed by atoms with van der Waals surface area (Å²) in [5.74, 6) is 0. The highest BCUT2D eigenvalue weighted by molar-refractivity contribution is 7.61. The monoisotopic (exact) mass is 195 g/mol. The molecule has 2 heterocycles. The van der Waals surface area contributed by atoms with Crippen LogP contribution in [0.15, 0.2) is 28.9 Å². The summed E-state index contributed by atoms with van der Waals surface area (Å²) in [7, 11) is -2.42. The van der Waals surface area contributed by atoms with Gasteiger partial charge in [0.25, 0.3) is 0 Å². The molecular weight excluding hydrogens is 190 g/mol. The van der Waals surface area contributed by atoms with Crippen molar-refractivity contribution in [3.05, 3.63) is 24.5 Å². The molecule has 0 unspecified atom stereocenters. The molecule has 2 rings (SSSR count). The third kappa shape index (κ3) is 1.43. The SMILES string of the molecule is O=S(=O)=Nc1ccnc2[nH]ccc12. The molecule has 13 heavy (non-hydrogen) atoms. The third-order valence-corrected chi connectivity index (χ3v) is 1.96. The van der Waals surface area contributed by atoms with Gasteiger partial charge in [0, 0.05) is 17.8 Å². The van der Waals surface area contributed by atoms with E-state index in [1.165, 1.54) is 6.20 Å². The van der Waals surface area contributed by atoms with Gasteiger partial charge in [-0.1, -0.05) is 0 Å². The Balaban J connectivity index is 2.82. The van der Waals surface area contributed by atoms with Crippen molar-refractivity contribution in [3.8, 4) is 0 Å². The summed E-state index contributed by atoms with van der Waals surface area (Å²) in [5, 5.41) is 0.701. The maximum atomic E-state index is 10.3. The summed E-state index contributed by atoms with van der Waals surface area (Å²) in [6, 6.07) is 3.28. The molecule has 0 aliphatic rings. The van der Waals surface area contributed by atoms with Crippen LogP contribution in [0.3, 0.4) is 0 Å². The van der Waals surface area contributed by atoms with Gasteiger partial charge in [-0.25, -0.2) is 4.98 Å². The van der Waals surface area contributed by atoms with Crippen molar-refractivity contribution >= 4 is 27.2 Å². The Labute approximate surface area is 75.1 Å². The first kappa shape index (κ1) is 7.93. The van der Waals surface area contributed by atoms with Gasteiger partial charge in [0.1, 0.15) is 5.65 Å². The fraction of sp³-hybridized carbons (Fsp3) is 0. The highest BCUT2D eigenvalue weighted by Crippen LogP contribution is 2.22. The Morgan fingerprint density at radius 1 is 1.38 bits per heavy atom. The number of rotatable bonds is 1. The van der Waals surface area contributed by atoms with Crippen LogP contribution >= 0.6 is 0 Å². The summed E-state index contributed by atoms with van der Waals surface area (Å²) in [5.41, 5.74) is 1.03. The molecule has 1 N–H and O–H groups in total. The molecule has 0 amide bonds. The van der Waals surface area contributed by atoms with Crippen LogP contribution in [0.2, 0.25) is 0 Å². The maximum absolute atomic E-state index is 10.3. The molecule has 2 aromatic rings. The number of pyridine rings is 1. The summed E-state index contributed by atoms with van der Waals surface area (Å²) < 4.78 is 24.1. The molecule has 2 aromatic heterocycles. The van der Waals surface area contributed by atoms with Gasteiger partial charge in [0.2, 0.25) is 0 Å². The maximum Gasteiger partial charge on any atom is 0.316 e. The lowest BCUT2D eigenvalue weighted by Gasteiger charge is -1.90. The molecular formula is C7H5N3O2S. The van der Waals surface area contributed by atoms with Gasteiger partial charge in [-0.3, -0.25) is 0 Å². The van der Waals surface area contributed by atoms with E-state index in [1.54, 1.807) is 18.3 Å². The predicted octanol–water partition coefficient (Wildman–Crippen LogP) is 1.26. The van der Waals surface area contributed by atoms with Gasteiger partial charge >= 0.3 is 10.5 Å². The lowest BCUT2D eigenvalue weighted by atomic mass is 10.3. The van der Waals surface area contributed by atoms with Crippen LogP contribution < -0.4 is 0 Å². The molecule has 0 bridgehead atoms. The molecule has 0 aliphatic heterocycles. The van der Waals surface area contributed by atoms with Crippen molar-refractivity contribution in [1.82, 2.24) is 9.97 Å². The van der Waals surface area contributed by atoms with Crippen molar-refractivity contribution in [2.24, 2.45) is 4.36 Å². The molecule has 0 spiro atoms. The Hall–Kier alpha value is -1.69. The van der Waals surface area contributed by atoms with E-state index >= 15 is 0 Å². The van der Waals surface area contributed by atoms with Crippen molar-refractivity contribution in [1.29, 1.82) is 0 Å². The van der Waals surface area contributed by atoms with Crippen LogP contribution in [0.25, 0.3) is 11.0 Å². The lowest BCUT2D eigenvalue weighted by Crippen LogP contribution is -1.74. The number of hydrogen-bond donors (Lipinski definition) is 1. The first-order valence-electron chi connectivity index (χ1n) is 3.50. The average molecular weight is 195 g/mol. The van der Waals surface area contributed by atoms with Gasteiger partial charge < -0.3 is 4.98 Å². The highest BCUT2D eigenvalue weighted by Gasteiger charge is 2.00. The second-order valence-electron chi connectivity index (χ2n) is 2.38. The van der Waals surface area contributed by atoms with E-state index in [9.17, 15) is 8.42 Å². The minimum Gasteiger partial charge on any atom is -0.346 e. The highest BCUT2D eigenvalue weighted by atomic mass is 32.2. The average Bonchev–Trinajstić information content (AvgIpc) is 2.51. The zero-order valence-electron chi connectivity index (χ0n) is 6.43. The first-order chi connectivity index (χ1) is 6.27. The molecule has 0 fully saturated rings. The van der Waals surface area contributed by atoms with E-state index in [-0.39, 0.29) is 0 Å². The number of hydrogen-bond acceptors (Lipinski definition) is 4. The number of H-pyrrole nitrogens is 1. The fourth-order valence-corrected chi connectivity index (χ4v) is 1.43. The van der Waals surface area contributed by atoms with E-state index in [0.717, 1.165) is 0 Å². The first-order valence-corrected chi connectivity index (χ1v) is 4.54. The molecule has 0 saturated heterocycles. The number of aromatic amines is 1. The van der Waals surface area contributed by atoms with E-state index in [2.05, 4.69) is 14.3 Å². The van der Waals surface area contributed by atoms with Gasteiger partial charge in [0.15, 0.2) is 0 Å². The topological polar surface area (TPSA) is 75.2 Å². The summed E-state index contributed by atoms with van der Waals surface area (Å²) in [4.78, 5) is 6.85. The number of nitrogens with zero attached hydrogens (tertiary/aromatic N) is 2. The fourth-order valence-electron chi connectivity index (χ4n) is 1.11. The van der Waals surface area contributed by atoms with Crippen molar-refractivity contribution in [2.75, 3.05) is 0 Å². The molecule has 0 aliphatic carbocycles.